The minimum atomic E-state index is -0.0406. The van der Waals surface area contributed by atoms with E-state index in [1.165, 1.54) is 0 Å². The highest BCUT2D eigenvalue weighted by molar-refractivity contribution is 5.83. The predicted molar refractivity (Wildman–Crippen MR) is 80.0 cm³/mol. The Hall–Kier alpha value is -2.15. The number of carbonyl (C=O) groups is 1. The molecular formula is C18H18O. The van der Waals surface area contributed by atoms with E-state index < -0.39 is 0 Å². The Bertz CT molecular complexity index is 540. The molecule has 0 aliphatic heterocycles. The average Bonchev–Trinajstić information content (AvgIpc) is 2.45. The van der Waals surface area contributed by atoms with Crippen LogP contribution in [0, 0.1) is 0 Å². The van der Waals surface area contributed by atoms with Gasteiger partial charge in [0.2, 0.25) is 0 Å². The van der Waals surface area contributed by atoms with E-state index in [0.29, 0.717) is 0 Å². The first-order valence-electron chi connectivity index (χ1n) is 6.54. The molecule has 0 heterocycles. The lowest BCUT2D eigenvalue weighted by molar-refractivity contribution is -0.118. The lowest BCUT2D eigenvalue weighted by Crippen LogP contribution is -2.07. The molecule has 0 N–H and O–H groups in total. The van der Waals surface area contributed by atoms with Crippen LogP contribution in [0.15, 0.2) is 66.7 Å². The topological polar surface area (TPSA) is 17.1 Å². The number of hydrogen-bond acceptors (Lipinski definition) is 1. The molecule has 0 bridgehead atoms. The standard InChI is InChI=1S/C18H18O/c1-15(19)18(17-12-6-3-7-13-17)14-8-11-16-9-4-2-5-10-16/h2-13,18H,14H2,1H3. The number of benzene rings is 2. The molecule has 1 unspecified atom stereocenters. The summed E-state index contributed by atoms with van der Waals surface area (Å²) < 4.78 is 0. The summed E-state index contributed by atoms with van der Waals surface area (Å²) in [6.45, 7) is 1.66. The van der Waals surface area contributed by atoms with Crippen molar-refractivity contribution in [2.75, 3.05) is 0 Å². The van der Waals surface area contributed by atoms with Gasteiger partial charge in [0.1, 0.15) is 5.78 Å². The number of rotatable bonds is 5. The zero-order chi connectivity index (χ0) is 13.5. The van der Waals surface area contributed by atoms with Crippen molar-refractivity contribution in [1.29, 1.82) is 0 Å². The van der Waals surface area contributed by atoms with Gasteiger partial charge < -0.3 is 0 Å². The van der Waals surface area contributed by atoms with E-state index in [-0.39, 0.29) is 11.7 Å². The molecule has 0 fully saturated rings. The Balaban J connectivity index is 2.07. The fourth-order valence-electron chi connectivity index (χ4n) is 2.13. The third-order valence-electron chi connectivity index (χ3n) is 3.17. The zero-order valence-corrected chi connectivity index (χ0v) is 11.1. The summed E-state index contributed by atoms with van der Waals surface area (Å²) in [7, 11) is 0. The van der Waals surface area contributed by atoms with Crippen LogP contribution in [-0.4, -0.2) is 5.78 Å². The lowest BCUT2D eigenvalue weighted by atomic mass is 9.92. The third-order valence-corrected chi connectivity index (χ3v) is 3.17. The van der Waals surface area contributed by atoms with Crippen molar-refractivity contribution < 1.29 is 4.79 Å². The quantitative estimate of drug-likeness (QED) is 0.765. The summed E-state index contributed by atoms with van der Waals surface area (Å²) in [5, 5.41) is 0. The molecule has 0 aromatic heterocycles. The molecule has 0 spiro atoms. The highest BCUT2D eigenvalue weighted by atomic mass is 16.1. The van der Waals surface area contributed by atoms with Gasteiger partial charge in [-0.2, -0.15) is 0 Å². The SMILES string of the molecule is CC(=O)C(CC=Cc1ccccc1)c1ccccc1. The number of Topliss-reactive ketones (excluding diaryl/α,β-unsaturated/α-hetero) is 1. The van der Waals surface area contributed by atoms with E-state index in [2.05, 4.69) is 24.3 Å². The molecular weight excluding hydrogens is 232 g/mol. The number of carbonyl (C=O) groups excluding carboxylic acids is 1. The molecule has 2 rings (SSSR count). The number of allylic oxidation sites excluding steroid dienone is 1. The first-order valence-corrected chi connectivity index (χ1v) is 6.54. The van der Waals surface area contributed by atoms with E-state index in [1.807, 2.05) is 48.5 Å². The van der Waals surface area contributed by atoms with E-state index in [9.17, 15) is 4.79 Å². The van der Waals surface area contributed by atoms with E-state index in [4.69, 9.17) is 0 Å². The fourth-order valence-corrected chi connectivity index (χ4v) is 2.13. The Kier molecular flexibility index (Phi) is 4.68. The van der Waals surface area contributed by atoms with Gasteiger partial charge >= 0.3 is 0 Å². The Morgan fingerprint density at radius 1 is 1.00 bits per heavy atom. The van der Waals surface area contributed by atoms with Gasteiger partial charge in [0.15, 0.2) is 0 Å². The summed E-state index contributed by atoms with van der Waals surface area (Å²) in [5.74, 6) is 0.171. The molecule has 0 aliphatic carbocycles. The van der Waals surface area contributed by atoms with Gasteiger partial charge in [-0.05, 0) is 24.5 Å². The van der Waals surface area contributed by atoms with Crippen molar-refractivity contribution in [3.8, 4) is 0 Å². The van der Waals surface area contributed by atoms with Crippen LogP contribution in [0.2, 0.25) is 0 Å². The molecule has 96 valence electrons. The maximum atomic E-state index is 11.8. The van der Waals surface area contributed by atoms with Gasteiger partial charge in [0, 0.05) is 5.92 Å². The zero-order valence-electron chi connectivity index (χ0n) is 11.1. The molecule has 0 saturated carbocycles. The van der Waals surface area contributed by atoms with E-state index >= 15 is 0 Å². The molecule has 0 radical (unpaired) electrons. The van der Waals surface area contributed by atoms with Gasteiger partial charge in [-0.15, -0.1) is 0 Å². The summed E-state index contributed by atoms with van der Waals surface area (Å²) in [5.41, 5.74) is 2.26. The van der Waals surface area contributed by atoms with Crippen LogP contribution in [0.3, 0.4) is 0 Å². The maximum absolute atomic E-state index is 11.8. The smallest absolute Gasteiger partial charge is 0.137 e. The molecule has 1 atom stereocenters. The molecule has 1 nitrogen and oxygen atoms in total. The summed E-state index contributed by atoms with van der Waals surface area (Å²) in [6.07, 6.45) is 4.89. The Morgan fingerprint density at radius 2 is 1.58 bits per heavy atom. The summed E-state index contributed by atoms with van der Waals surface area (Å²) >= 11 is 0. The highest BCUT2D eigenvalue weighted by Gasteiger charge is 2.14. The summed E-state index contributed by atoms with van der Waals surface area (Å²) in [4.78, 5) is 11.8. The number of ketones is 1. The predicted octanol–water partition coefficient (Wildman–Crippen LogP) is 4.46. The van der Waals surface area contributed by atoms with Crippen LogP contribution < -0.4 is 0 Å². The van der Waals surface area contributed by atoms with Gasteiger partial charge in [-0.1, -0.05) is 72.8 Å². The van der Waals surface area contributed by atoms with Crippen LogP contribution in [0.4, 0.5) is 0 Å². The van der Waals surface area contributed by atoms with Crippen molar-refractivity contribution in [3.05, 3.63) is 77.9 Å². The number of hydrogen-bond donors (Lipinski definition) is 0. The monoisotopic (exact) mass is 250 g/mol. The van der Waals surface area contributed by atoms with E-state index in [0.717, 1.165) is 17.5 Å². The first-order chi connectivity index (χ1) is 9.27. The minimum Gasteiger partial charge on any atom is -0.299 e. The van der Waals surface area contributed by atoms with Gasteiger partial charge in [-0.25, -0.2) is 0 Å². The van der Waals surface area contributed by atoms with Crippen molar-refractivity contribution in [3.63, 3.8) is 0 Å². The maximum Gasteiger partial charge on any atom is 0.137 e. The van der Waals surface area contributed by atoms with Crippen molar-refractivity contribution in [2.45, 2.75) is 19.3 Å². The second kappa shape index (κ2) is 6.69. The lowest BCUT2D eigenvalue weighted by Gasteiger charge is -2.11. The van der Waals surface area contributed by atoms with Crippen molar-refractivity contribution in [1.82, 2.24) is 0 Å². The summed E-state index contributed by atoms with van der Waals surface area (Å²) in [6, 6.07) is 20.1. The Labute approximate surface area is 114 Å². The minimum absolute atomic E-state index is 0.0406. The molecule has 19 heavy (non-hydrogen) atoms. The van der Waals surface area contributed by atoms with Crippen LogP contribution in [-0.2, 0) is 4.79 Å². The Morgan fingerprint density at radius 3 is 2.16 bits per heavy atom. The fraction of sp³-hybridized carbons (Fsp3) is 0.167. The molecule has 0 aliphatic rings. The third kappa shape index (κ3) is 3.92. The van der Waals surface area contributed by atoms with Crippen LogP contribution >= 0.6 is 0 Å². The van der Waals surface area contributed by atoms with Crippen LogP contribution in [0.25, 0.3) is 6.08 Å². The molecule has 1 heteroatoms. The highest BCUT2D eigenvalue weighted by Crippen LogP contribution is 2.21. The molecule has 2 aromatic carbocycles. The van der Waals surface area contributed by atoms with Crippen LogP contribution in [0.1, 0.15) is 30.4 Å². The normalized spacial score (nSPS) is 12.5. The second-order valence-electron chi connectivity index (χ2n) is 4.62. The van der Waals surface area contributed by atoms with Crippen molar-refractivity contribution >= 4 is 11.9 Å². The van der Waals surface area contributed by atoms with E-state index in [1.54, 1.807) is 6.92 Å². The van der Waals surface area contributed by atoms with Gasteiger partial charge in [-0.3, -0.25) is 4.79 Å². The second-order valence-corrected chi connectivity index (χ2v) is 4.62. The van der Waals surface area contributed by atoms with Gasteiger partial charge in [0.25, 0.3) is 0 Å². The molecule has 0 amide bonds. The van der Waals surface area contributed by atoms with Gasteiger partial charge in [0.05, 0.1) is 0 Å². The van der Waals surface area contributed by atoms with Crippen molar-refractivity contribution in [2.24, 2.45) is 0 Å². The molecule has 2 aromatic rings. The molecule has 0 saturated heterocycles. The average molecular weight is 250 g/mol. The first kappa shape index (κ1) is 13.3. The largest absolute Gasteiger partial charge is 0.299 e. The van der Waals surface area contributed by atoms with Crippen LogP contribution in [0.5, 0.6) is 0 Å².